The van der Waals surface area contributed by atoms with Gasteiger partial charge >= 0.3 is 0 Å². The van der Waals surface area contributed by atoms with Crippen LogP contribution in [-0.2, 0) is 6.40 Å². The standard InChI is InChI=1S/C15H15N3O/c19-14(11-6-7-11)15-16-13-9-8-12(18(13)17-15)10-4-2-1-3-5-10/h1-5,11-12H,6-9H2/t12-/m0/s1/i9D/t9-,12-. The zero-order valence-corrected chi connectivity index (χ0v) is 10.5. The molecule has 0 bridgehead atoms. The molecule has 96 valence electrons. The SMILES string of the molecule is [2H][C@H]1C[C@@H](c2ccccc2)n2nc(C(=O)C3CC3)nc21. The maximum absolute atomic E-state index is 12.1. The fourth-order valence-electron chi connectivity index (χ4n) is 2.61. The van der Waals surface area contributed by atoms with E-state index in [1.54, 1.807) is 4.68 Å². The number of nitrogens with zero attached hydrogens (tertiary/aromatic N) is 3. The second kappa shape index (κ2) is 4.02. The number of hydrogen-bond donors (Lipinski definition) is 0. The van der Waals surface area contributed by atoms with E-state index in [9.17, 15) is 4.79 Å². The zero-order chi connectivity index (χ0) is 13.7. The Morgan fingerprint density at radius 3 is 2.79 bits per heavy atom. The van der Waals surface area contributed by atoms with Gasteiger partial charge in [0.05, 0.1) is 6.04 Å². The van der Waals surface area contributed by atoms with Crippen molar-refractivity contribution in [1.82, 2.24) is 14.8 Å². The van der Waals surface area contributed by atoms with Crippen molar-refractivity contribution in [2.24, 2.45) is 5.92 Å². The molecule has 2 aliphatic rings. The van der Waals surface area contributed by atoms with Gasteiger partial charge in [-0.3, -0.25) is 4.79 Å². The van der Waals surface area contributed by atoms with Crippen LogP contribution >= 0.6 is 0 Å². The van der Waals surface area contributed by atoms with Gasteiger partial charge in [-0.2, -0.15) is 0 Å². The molecule has 1 aliphatic carbocycles. The summed E-state index contributed by atoms with van der Waals surface area (Å²) >= 11 is 0. The lowest BCUT2D eigenvalue weighted by Crippen LogP contribution is -2.10. The fourth-order valence-corrected chi connectivity index (χ4v) is 2.61. The molecular weight excluding hydrogens is 238 g/mol. The summed E-state index contributed by atoms with van der Waals surface area (Å²) in [5.41, 5.74) is 1.12. The minimum atomic E-state index is -0.395. The lowest BCUT2D eigenvalue weighted by molar-refractivity contribution is 0.0957. The van der Waals surface area contributed by atoms with Crippen molar-refractivity contribution in [2.75, 3.05) is 0 Å². The first-order chi connectivity index (χ1) is 9.74. The smallest absolute Gasteiger partial charge is 0.217 e. The Balaban J connectivity index is 1.72. The molecule has 1 aromatic carbocycles. The summed E-state index contributed by atoms with van der Waals surface area (Å²) in [5.74, 6) is 1.10. The van der Waals surface area contributed by atoms with E-state index in [4.69, 9.17) is 1.37 Å². The number of carbonyl (C=O) groups excluding carboxylic acids is 1. The van der Waals surface area contributed by atoms with Crippen molar-refractivity contribution in [3.05, 3.63) is 47.5 Å². The normalized spacial score (nSPS) is 26.0. The molecule has 0 radical (unpaired) electrons. The van der Waals surface area contributed by atoms with Crippen molar-refractivity contribution in [3.63, 3.8) is 0 Å². The van der Waals surface area contributed by atoms with Crippen LogP contribution in [0.5, 0.6) is 0 Å². The number of hydrogen-bond acceptors (Lipinski definition) is 3. The lowest BCUT2D eigenvalue weighted by Gasteiger charge is -2.11. The van der Waals surface area contributed by atoms with Crippen LogP contribution in [0.3, 0.4) is 0 Å². The van der Waals surface area contributed by atoms with Gasteiger partial charge in [0.1, 0.15) is 5.82 Å². The highest BCUT2D eigenvalue weighted by Gasteiger charge is 2.35. The van der Waals surface area contributed by atoms with E-state index in [0.29, 0.717) is 18.1 Å². The number of benzene rings is 1. The topological polar surface area (TPSA) is 47.8 Å². The monoisotopic (exact) mass is 254 g/mol. The van der Waals surface area contributed by atoms with Gasteiger partial charge in [0.25, 0.3) is 0 Å². The molecule has 4 heteroatoms. The molecule has 4 nitrogen and oxygen atoms in total. The van der Waals surface area contributed by atoms with Crippen molar-refractivity contribution in [1.29, 1.82) is 0 Å². The molecule has 0 spiro atoms. The third kappa shape index (κ3) is 1.79. The predicted octanol–water partition coefficient (Wildman–Crippen LogP) is 2.41. The molecule has 4 rings (SSSR count). The third-order valence-electron chi connectivity index (χ3n) is 3.83. The summed E-state index contributed by atoms with van der Waals surface area (Å²) < 4.78 is 9.92. The largest absolute Gasteiger partial charge is 0.290 e. The van der Waals surface area contributed by atoms with Gasteiger partial charge in [0.15, 0.2) is 0 Å². The number of Topliss-reactive ketones (excluding diaryl/α,β-unsaturated/α-hetero) is 1. The Morgan fingerprint density at radius 1 is 1.26 bits per heavy atom. The van der Waals surface area contributed by atoms with E-state index in [1.807, 2.05) is 30.3 Å². The zero-order valence-electron chi connectivity index (χ0n) is 11.5. The average molecular weight is 254 g/mol. The molecule has 1 aliphatic heterocycles. The Morgan fingerprint density at radius 2 is 2.05 bits per heavy atom. The van der Waals surface area contributed by atoms with Crippen molar-refractivity contribution in [2.45, 2.75) is 31.7 Å². The quantitative estimate of drug-likeness (QED) is 0.790. The molecule has 0 amide bonds. The van der Waals surface area contributed by atoms with Crippen molar-refractivity contribution < 1.29 is 6.17 Å². The van der Waals surface area contributed by atoms with E-state index < -0.39 is 6.40 Å². The van der Waals surface area contributed by atoms with Crippen LogP contribution in [0, 0.1) is 5.92 Å². The van der Waals surface area contributed by atoms with Gasteiger partial charge in [-0.15, -0.1) is 5.10 Å². The second-order valence-corrected chi connectivity index (χ2v) is 5.24. The first-order valence-corrected chi connectivity index (χ1v) is 6.72. The molecule has 2 aromatic rings. The summed E-state index contributed by atoms with van der Waals surface area (Å²) in [7, 11) is 0. The van der Waals surface area contributed by atoms with E-state index in [2.05, 4.69) is 10.1 Å². The van der Waals surface area contributed by atoms with E-state index >= 15 is 0 Å². The Hall–Kier alpha value is -1.97. The van der Waals surface area contributed by atoms with Crippen LogP contribution < -0.4 is 0 Å². The molecule has 0 saturated heterocycles. The van der Waals surface area contributed by atoms with Crippen molar-refractivity contribution in [3.8, 4) is 0 Å². The molecule has 1 fully saturated rings. The van der Waals surface area contributed by atoms with Gasteiger partial charge in [-0.05, 0) is 24.8 Å². The molecular formula is C15H15N3O. The van der Waals surface area contributed by atoms with Gasteiger partial charge < -0.3 is 0 Å². The van der Waals surface area contributed by atoms with Crippen LogP contribution in [-0.4, -0.2) is 20.5 Å². The van der Waals surface area contributed by atoms with Gasteiger partial charge in [-0.1, -0.05) is 30.3 Å². The molecule has 2 atom stereocenters. The number of carbonyl (C=O) groups is 1. The summed E-state index contributed by atoms with van der Waals surface area (Å²) in [6.07, 6.45) is 2.19. The van der Waals surface area contributed by atoms with Gasteiger partial charge in [0, 0.05) is 13.7 Å². The third-order valence-corrected chi connectivity index (χ3v) is 3.83. The Bertz CT molecular complexity index is 663. The van der Waals surface area contributed by atoms with E-state index in [-0.39, 0.29) is 17.7 Å². The maximum Gasteiger partial charge on any atom is 0.217 e. The van der Waals surface area contributed by atoms with Gasteiger partial charge in [-0.25, -0.2) is 9.67 Å². The Labute approximate surface area is 112 Å². The molecule has 19 heavy (non-hydrogen) atoms. The number of ketones is 1. The van der Waals surface area contributed by atoms with Crippen molar-refractivity contribution >= 4 is 5.78 Å². The number of rotatable bonds is 3. The van der Waals surface area contributed by atoms with Crippen LogP contribution in [0.1, 0.15) is 48.7 Å². The molecule has 0 unspecified atom stereocenters. The summed E-state index contributed by atoms with van der Waals surface area (Å²) in [5, 5.41) is 4.40. The summed E-state index contributed by atoms with van der Waals surface area (Å²) in [6, 6.07) is 10.1. The molecule has 2 heterocycles. The minimum absolute atomic E-state index is 0.0296. The highest BCUT2D eigenvalue weighted by molar-refractivity contribution is 5.95. The minimum Gasteiger partial charge on any atom is -0.290 e. The lowest BCUT2D eigenvalue weighted by atomic mass is 10.1. The van der Waals surface area contributed by atoms with E-state index in [0.717, 1.165) is 18.4 Å². The van der Waals surface area contributed by atoms with Crippen LogP contribution in [0.25, 0.3) is 0 Å². The highest BCUT2D eigenvalue weighted by atomic mass is 16.1. The predicted molar refractivity (Wildman–Crippen MR) is 70.0 cm³/mol. The van der Waals surface area contributed by atoms with E-state index in [1.165, 1.54) is 0 Å². The average Bonchev–Trinajstić information content (AvgIpc) is 3.15. The van der Waals surface area contributed by atoms with Crippen LogP contribution in [0.2, 0.25) is 0 Å². The molecule has 1 saturated carbocycles. The summed E-state index contributed by atoms with van der Waals surface area (Å²) in [4.78, 5) is 16.4. The fraction of sp³-hybridized carbons (Fsp3) is 0.400. The maximum atomic E-state index is 12.1. The first kappa shape index (κ1) is 9.89. The van der Waals surface area contributed by atoms with Crippen LogP contribution in [0.15, 0.2) is 30.3 Å². The Kier molecular flexibility index (Phi) is 2.09. The highest BCUT2D eigenvalue weighted by Crippen LogP contribution is 2.34. The number of aryl methyl sites for hydroxylation is 1. The molecule has 1 aromatic heterocycles. The first-order valence-electron chi connectivity index (χ1n) is 7.29. The van der Waals surface area contributed by atoms with Crippen LogP contribution in [0.4, 0.5) is 0 Å². The number of aromatic nitrogens is 3. The number of fused-ring (bicyclic) bond motifs is 1. The molecule has 0 N–H and O–H groups in total. The summed E-state index contributed by atoms with van der Waals surface area (Å²) in [6.45, 7) is 0. The van der Waals surface area contributed by atoms with Gasteiger partial charge in [0.2, 0.25) is 11.6 Å². The second-order valence-electron chi connectivity index (χ2n) is 5.24.